The van der Waals surface area contributed by atoms with E-state index in [0.29, 0.717) is 18.8 Å². The second kappa shape index (κ2) is 6.93. The molecule has 1 fully saturated rings. The molecule has 7 nitrogen and oxygen atoms in total. The lowest BCUT2D eigenvalue weighted by atomic mass is 9.98. The number of H-pyrrole nitrogens is 1. The third-order valence-corrected chi connectivity index (χ3v) is 4.81. The van der Waals surface area contributed by atoms with Crippen LogP contribution in [-0.4, -0.2) is 46.4 Å². The van der Waals surface area contributed by atoms with Crippen LogP contribution < -0.4 is 16.0 Å². The van der Waals surface area contributed by atoms with E-state index >= 15 is 0 Å². The van der Waals surface area contributed by atoms with Crippen LogP contribution in [0, 0.1) is 0 Å². The number of ketones is 1. The smallest absolute Gasteiger partial charge is 0.363 e. The van der Waals surface area contributed by atoms with Crippen LogP contribution in [0.4, 0.5) is 19.1 Å². The Hall–Kier alpha value is -2.46. The molecule has 0 aromatic carbocycles. The Kier molecular flexibility index (Phi) is 4.60. The fraction of sp³-hybridized carbons (Fsp3) is 0.471. The minimum atomic E-state index is -4.62. The standard InChI is InChI=1S/C17H19F3N6O/c18-17(19,20)11-6-24-16(25-9-2-1-3-21-4-9)26-15(11)10-5-23-12-7-22-8-13(27)14(10)12/h5-6,9,21-23H,1-4,7-8H2,(H,24,25,26). The van der Waals surface area contributed by atoms with E-state index in [2.05, 4.69) is 30.9 Å². The molecule has 0 bridgehead atoms. The van der Waals surface area contributed by atoms with Crippen LogP contribution in [0.1, 0.15) is 34.5 Å². The van der Waals surface area contributed by atoms with E-state index in [1.54, 1.807) is 0 Å². The number of aromatic amines is 1. The van der Waals surface area contributed by atoms with Gasteiger partial charge in [0.1, 0.15) is 5.56 Å². The zero-order valence-electron chi connectivity index (χ0n) is 14.4. The molecular formula is C17H19F3N6O. The largest absolute Gasteiger partial charge is 0.419 e. The zero-order valence-corrected chi connectivity index (χ0v) is 14.4. The van der Waals surface area contributed by atoms with Crippen LogP contribution >= 0.6 is 0 Å². The molecule has 4 heterocycles. The van der Waals surface area contributed by atoms with Crippen molar-refractivity contribution in [3.63, 3.8) is 0 Å². The third kappa shape index (κ3) is 3.54. The molecule has 0 spiro atoms. The molecule has 2 aromatic heterocycles. The van der Waals surface area contributed by atoms with Crippen LogP contribution in [0.2, 0.25) is 0 Å². The highest BCUT2D eigenvalue weighted by molar-refractivity contribution is 6.05. The quantitative estimate of drug-likeness (QED) is 0.650. The first-order valence-electron chi connectivity index (χ1n) is 8.79. The van der Waals surface area contributed by atoms with Gasteiger partial charge in [0.15, 0.2) is 5.78 Å². The molecule has 144 valence electrons. The van der Waals surface area contributed by atoms with Gasteiger partial charge in [0, 0.05) is 42.8 Å². The van der Waals surface area contributed by atoms with E-state index in [-0.39, 0.29) is 41.1 Å². The van der Waals surface area contributed by atoms with Crippen LogP contribution in [0.25, 0.3) is 11.3 Å². The van der Waals surface area contributed by atoms with Crippen LogP contribution in [0.5, 0.6) is 0 Å². The van der Waals surface area contributed by atoms with Crippen molar-refractivity contribution in [2.24, 2.45) is 0 Å². The number of piperidine rings is 1. The summed E-state index contributed by atoms with van der Waals surface area (Å²) in [6, 6.07) is 0.0503. The van der Waals surface area contributed by atoms with E-state index in [1.807, 2.05) is 0 Å². The molecule has 0 amide bonds. The maximum absolute atomic E-state index is 13.5. The van der Waals surface area contributed by atoms with Gasteiger partial charge in [0.2, 0.25) is 5.95 Å². The topological polar surface area (TPSA) is 94.7 Å². The third-order valence-electron chi connectivity index (χ3n) is 4.81. The maximum atomic E-state index is 13.5. The molecule has 0 aliphatic carbocycles. The summed E-state index contributed by atoms with van der Waals surface area (Å²) < 4.78 is 40.6. The number of hydrogen-bond donors (Lipinski definition) is 4. The van der Waals surface area contributed by atoms with Crippen molar-refractivity contribution < 1.29 is 18.0 Å². The van der Waals surface area contributed by atoms with Gasteiger partial charge in [-0.1, -0.05) is 0 Å². The van der Waals surface area contributed by atoms with Crippen LogP contribution in [0.15, 0.2) is 12.4 Å². The molecule has 2 aromatic rings. The molecule has 1 unspecified atom stereocenters. The number of carbonyl (C=O) groups excluding carboxylic acids is 1. The summed E-state index contributed by atoms with van der Waals surface area (Å²) in [6.45, 7) is 2.10. The SMILES string of the molecule is O=C1CNCc2[nH]cc(-c3nc(NC4CCCNC4)ncc3C(F)(F)F)c21. The fourth-order valence-corrected chi connectivity index (χ4v) is 3.52. The van der Waals surface area contributed by atoms with E-state index in [4.69, 9.17) is 0 Å². The van der Waals surface area contributed by atoms with Gasteiger partial charge in [-0.05, 0) is 19.4 Å². The zero-order chi connectivity index (χ0) is 19.0. The summed E-state index contributed by atoms with van der Waals surface area (Å²) in [5, 5.41) is 9.23. The lowest BCUT2D eigenvalue weighted by molar-refractivity contribution is -0.137. The molecule has 0 saturated carbocycles. The highest BCUT2D eigenvalue weighted by atomic mass is 19.4. The lowest BCUT2D eigenvalue weighted by Gasteiger charge is -2.24. The van der Waals surface area contributed by atoms with E-state index in [9.17, 15) is 18.0 Å². The van der Waals surface area contributed by atoms with Gasteiger partial charge in [-0.3, -0.25) is 4.79 Å². The molecule has 27 heavy (non-hydrogen) atoms. The van der Waals surface area contributed by atoms with E-state index < -0.39 is 11.7 Å². The van der Waals surface area contributed by atoms with Gasteiger partial charge in [-0.2, -0.15) is 13.2 Å². The van der Waals surface area contributed by atoms with Crippen molar-refractivity contribution >= 4 is 11.7 Å². The molecule has 4 N–H and O–H groups in total. The molecule has 1 atom stereocenters. The van der Waals surface area contributed by atoms with Crippen molar-refractivity contribution in [2.75, 3.05) is 25.0 Å². The predicted octanol–water partition coefficient (Wildman–Crippen LogP) is 1.94. The maximum Gasteiger partial charge on any atom is 0.419 e. The van der Waals surface area contributed by atoms with Crippen molar-refractivity contribution in [1.29, 1.82) is 0 Å². The molecule has 1 saturated heterocycles. The van der Waals surface area contributed by atoms with Gasteiger partial charge in [0.25, 0.3) is 0 Å². The van der Waals surface area contributed by atoms with Crippen LogP contribution in [-0.2, 0) is 12.7 Å². The normalized spacial score (nSPS) is 20.4. The minimum Gasteiger partial charge on any atom is -0.363 e. The van der Waals surface area contributed by atoms with E-state index in [0.717, 1.165) is 25.6 Å². The molecule has 2 aliphatic heterocycles. The highest BCUT2D eigenvalue weighted by Gasteiger charge is 2.37. The van der Waals surface area contributed by atoms with Crippen molar-refractivity contribution in [2.45, 2.75) is 31.6 Å². The van der Waals surface area contributed by atoms with Gasteiger partial charge < -0.3 is 20.9 Å². The van der Waals surface area contributed by atoms with E-state index in [1.165, 1.54) is 6.20 Å². The molecular weight excluding hydrogens is 361 g/mol. The van der Waals surface area contributed by atoms with Gasteiger partial charge in [0.05, 0.1) is 17.8 Å². The Morgan fingerprint density at radius 1 is 1.22 bits per heavy atom. The second-order valence-corrected chi connectivity index (χ2v) is 6.72. The summed E-state index contributed by atoms with van der Waals surface area (Å²) >= 11 is 0. The Bertz CT molecular complexity index is 857. The minimum absolute atomic E-state index is 0.0503. The number of carbonyl (C=O) groups is 1. The first-order chi connectivity index (χ1) is 12.9. The van der Waals surface area contributed by atoms with Gasteiger partial charge in [-0.25, -0.2) is 9.97 Å². The number of fused-ring (bicyclic) bond motifs is 1. The fourth-order valence-electron chi connectivity index (χ4n) is 3.52. The number of alkyl halides is 3. The first-order valence-corrected chi connectivity index (χ1v) is 8.79. The first kappa shape index (κ1) is 17.9. The summed E-state index contributed by atoms with van der Waals surface area (Å²) in [6.07, 6.45) is -0.570. The molecule has 10 heteroatoms. The number of rotatable bonds is 3. The highest BCUT2D eigenvalue weighted by Crippen LogP contribution is 2.38. The van der Waals surface area contributed by atoms with Gasteiger partial charge in [-0.15, -0.1) is 0 Å². The van der Waals surface area contributed by atoms with Crippen LogP contribution in [0.3, 0.4) is 0 Å². The number of Topliss-reactive ketones (excluding diaryl/α,β-unsaturated/α-hetero) is 1. The Balaban J connectivity index is 1.76. The monoisotopic (exact) mass is 380 g/mol. The molecule has 2 aliphatic rings. The van der Waals surface area contributed by atoms with Crippen molar-refractivity contribution in [3.05, 3.63) is 29.2 Å². The number of nitrogens with one attached hydrogen (secondary N) is 4. The summed E-state index contributed by atoms with van der Waals surface area (Å²) in [5.74, 6) is -0.131. The molecule has 0 radical (unpaired) electrons. The van der Waals surface area contributed by atoms with Crippen molar-refractivity contribution in [1.82, 2.24) is 25.6 Å². The number of aromatic nitrogens is 3. The predicted molar refractivity (Wildman–Crippen MR) is 92.4 cm³/mol. The average Bonchev–Trinajstić information content (AvgIpc) is 3.07. The molecule has 4 rings (SSSR count). The Labute approximate surface area is 153 Å². The Morgan fingerprint density at radius 3 is 2.81 bits per heavy atom. The van der Waals surface area contributed by atoms with Crippen molar-refractivity contribution in [3.8, 4) is 11.3 Å². The number of halogens is 3. The summed E-state index contributed by atoms with van der Waals surface area (Å²) in [7, 11) is 0. The second-order valence-electron chi connectivity index (χ2n) is 6.72. The Morgan fingerprint density at radius 2 is 2.07 bits per heavy atom. The number of anilines is 1. The average molecular weight is 380 g/mol. The number of hydrogen-bond acceptors (Lipinski definition) is 6. The van der Waals surface area contributed by atoms with Gasteiger partial charge >= 0.3 is 6.18 Å². The summed E-state index contributed by atoms with van der Waals surface area (Å²) in [4.78, 5) is 23.2. The summed E-state index contributed by atoms with van der Waals surface area (Å²) in [5.41, 5.74) is -0.238. The number of nitrogens with zero attached hydrogens (tertiary/aromatic N) is 2. The lowest BCUT2D eigenvalue weighted by Crippen LogP contribution is -2.38.